The van der Waals surface area contributed by atoms with Gasteiger partial charge in [-0.2, -0.15) is 0 Å². The summed E-state index contributed by atoms with van der Waals surface area (Å²) in [5.74, 6) is 1.51. The number of ether oxygens (including phenoxy) is 2. The van der Waals surface area contributed by atoms with Crippen molar-refractivity contribution < 1.29 is 14.3 Å². The number of urea groups is 1. The van der Waals surface area contributed by atoms with Crippen LogP contribution in [0, 0.1) is 0 Å². The highest BCUT2D eigenvalue weighted by atomic mass is 16.7. The number of carbonyl (C=O) groups is 1. The van der Waals surface area contributed by atoms with Gasteiger partial charge < -0.3 is 24.6 Å². The lowest BCUT2D eigenvalue weighted by Crippen LogP contribution is -2.50. The van der Waals surface area contributed by atoms with Crippen molar-refractivity contribution >= 4 is 6.03 Å². The molecule has 0 unspecified atom stereocenters. The smallest absolute Gasteiger partial charge is 0.317 e. The van der Waals surface area contributed by atoms with Gasteiger partial charge in [0.2, 0.25) is 6.79 Å². The van der Waals surface area contributed by atoms with E-state index in [2.05, 4.69) is 24.3 Å². The first kappa shape index (κ1) is 15.0. The number of hydrogen-bond donors (Lipinski definition) is 1. The fourth-order valence-corrected chi connectivity index (χ4v) is 2.90. The van der Waals surface area contributed by atoms with Crippen LogP contribution in [0.15, 0.2) is 18.2 Å². The number of nitrogens with one attached hydrogen (secondary N) is 1. The molecule has 6 nitrogen and oxygen atoms in total. The Morgan fingerprint density at radius 1 is 1.36 bits per heavy atom. The molecule has 1 N–H and O–H groups in total. The van der Waals surface area contributed by atoms with E-state index in [1.54, 1.807) is 0 Å². The fraction of sp³-hybridized carbons (Fsp3) is 0.562. The van der Waals surface area contributed by atoms with Crippen LogP contribution >= 0.6 is 0 Å². The number of nitrogens with zero attached hydrogens (tertiary/aromatic N) is 2. The minimum Gasteiger partial charge on any atom is -0.454 e. The molecule has 6 heteroatoms. The molecule has 3 rings (SSSR count). The monoisotopic (exact) mass is 305 g/mol. The van der Waals surface area contributed by atoms with Gasteiger partial charge in [0.15, 0.2) is 11.5 Å². The Labute approximate surface area is 131 Å². The van der Waals surface area contributed by atoms with E-state index >= 15 is 0 Å². The molecule has 0 saturated carbocycles. The quantitative estimate of drug-likeness (QED) is 0.922. The van der Waals surface area contributed by atoms with Gasteiger partial charge in [-0.15, -0.1) is 0 Å². The van der Waals surface area contributed by atoms with Gasteiger partial charge in [-0.1, -0.05) is 6.07 Å². The van der Waals surface area contributed by atoms with Crippen molar-refractivity contribution in [1.82, 2.24) is 15.1 Å². The van der Waals surface area contributed by atoms with E-state index in [1.807, 2.05) is 23.1 Å². The third-order valence-electron chi connectivity index (χ3n) is 4.29. The summed E-state index contributed by atoms with van der Waals surface area (Å²) in [6, 6.07) is 6.20. The molecule has 0 bridgehead atoms. The molecular weight excluding hydrogens is 282 g/mol. The molecular formula is C16H23N3O3. The fourth-order valence-electron chi connectivity index (χ4n) is 2.90. The first-order valence-electron chi connectivity index (χ1n) is 7.71. The molecule has 2 heterocycles. The molecule has 1 fully saturated rings. The Morgan fingerprint density at radius 3 is 3.00 bits per heavy atom. The van der Waals surface area contributed by atoms with Crippen LogP contribution in [0.2, 0.25) is 0 Å². The zero-order valence-electron chi connectivity index (χ0n) is 13.2. The van der Waals surface area contributed by atoms with Gasteiger partial charge in [0, 0.05) is 25.7 Å². The van der Waals surface area contributed by atoms with E-state index in [4.69, 9.17) is 9.47 Å². The molecule has 2 aliphatic heterocycles. The Bertz CT molecular complexity index is 547. The summed E-state index contributed by atoms with van der Waals surface area (Å²) in [5.41, 5.74) is 1.01. The maximum atomic E-state index is 12.3. The lowest BCUT2D eigenvalue weighted by atomic mass is 10.1. The van der Waals surface area contributed by atoms with E-state index in [0.717, 1.165) is 43.0 Å². The average molecular weight is 305 g/mol. The molecule has 0 radical (unpaired) electrons. The normalized spacial score (nSPS) is 20.3. The van der Waals surface area contributed by atoms with Crippen molar-refractivity contribution in [1.29, 1.82) is 0 Å². The average Bonchev–Trinajstić information content (AvgIpc) is 3.00. The van der Waals surface area contributed by atoms with Gasteiger partial charge in [-0.05, 0) is 44.6 Å². The number of likely N-dealkylation sites (tertiary alicyclic amines) is 1. The molecule has 2 amide bonds. The van der Waals surface area contributed by atoms with Gasteiger partial charge in [-0.3, -0.25) is 0 Å². The number of rotatable bonds is 3. The highest BCUT2D eigenvalue weighted by molar-refractivity contribution is 5.74. The van der Waals surface area contributed by atoms with Crippen molar-refractivity contribution in [3.05, 3.63) is 23.8 Å². The second kappa shape index (κ2) is 6.44. The summed E-state index contributed by atoms with van der Waals surface area (Å²) in [6.07, 6.45) is 2.21. The standard InChI is InChI=1S/C16H23N3O3/c1-18(2)13-4-3-7-19(10-13)16(20)17-9-12-5-6-14-15(8-12)22-11-21-14/h5-6,8,13H,3-4,7,9-11H2,1-2H3,(H,17,20)/t13-/m0/s1. The Balaban J connectivity index is 1.53. The van der Waals surface area contributed by atoms with Crippen LogP contribution in [0.4, 0.5) is 4.79 Å². The second-order valence-electron chi connectivity index (χ2n) is 6.05. The molecule has 0 aromatic heterocycles. The van der Waals surface area contributed by atoms with Crippen LogP contribution < -0.4 is 14.8 Å². The molecule has 1 saturated heterocycles. The zero-order chi connectivity index (χ0) is 15.5. The molecule has 0 spiro atoms. The minimum absolute atomic E-state index is 0.00390. The van der Waals surface area contributed by atoms with Crippen LogP contribution in [-0.2, 0) is 6.54 Å². The number of carbonyl (C=O) groups excluding carboxylic acids is 1. The van der Waals surface area contributed by atoms with Gasteiger partial charge in [0.25, 0.3) is 0 Å². The Morgan fingerprint density at radius 2 is 2.18 bits per heavy atom. The highest BCUT2D eigenvalue weighted by Crippen LogP contribution is 2.32. The van der Waals surface area contributed by atoms with Gasteiger partial charge in [0.05, 0.1) is 0 Å². The van der Waals surface area contributed by atoms with Crippen molar-refractivity contribution in [3.8, 4) is 11.5 Å². The number of hydrogen-bond acceptors (Lipinski definition) is 4. The summed E-state index contributed by atoms with van der Waals surface area (Å²) >= 11 is 0. The molecule has 1 atom stereocenters. The van der Waals surface area contributed by atoms with Gasteiger partial charge in [-0.25, -0.2) is 4.79 Å². The van der Waals surface area contributed by atoms with Crippen molar-refractivity contribution in [2.75, 3.05) is 34.0 Å². The zero-order valence-corrected chi connectivity index (χ0v) is 13.2. The van der Waals surface area contributed by atoms with Crippen LogP contribution in [0.25, 0.3) is 0 Å². The number of piperidine rings is 1. The SMILES string of the molecule is CN(C)[C@H]1CCCN(C(=O)NCc2ccc3c(c2)OCO3)C1. The van der Waals surface area contributed by atoms with Crippen molar-refractivity contribution in [2.45, 2.75) is 25.4 Å². The summed E-state index contributed by atoms with van der Waals surface area (Å²) in [7, 11) is 4.14. The summed E-state index contributed by atoms with van der Waals surface area (Å²) < 4.78 is 10.6. The lowest BCUT2D eigenvalue weighted by Gasteiger charge is -2.36. The third kappa shape index (κ3) is 3.27. The molecule has 120 valence electrons. The summed E-state index contributed by atoms with van der Waals surface area (Å²) in [4.78, 5) is 16.4. The predicted molar refractivity (Wildman–Crippen MR) is 83.1 cm³/mol. The van der Waals surface area contributed by atoms with Gasteiger partial charge >= 0.3 is 6.03 Å². The topological polar surface area (TPSA) is 54.0 Å². The molecule has 1 aromatic carbocycles. The molecule has 22 heavy (non-hydrogen) atoms. The first-order chi connectivity index (χ1) is 10.6. The van der Waals surface area contributed by atoms with E-state index in [1.165, 1.54) is 0 Å². The van der Waals surface area contributed by atoms with Crippen molar-refractivity contribution in [2.24, 2.45) is 0 Å². The number of benzene rings is 1. The number of amides is 2. The first-order valence-corrected chi connectivity index (χ1v) is 7.71. The Kier molecular flexibility index (Phi) is 4.38. The molecule has 1 aromatic rings. The van der Waals surface area contributed by atoms with Crippen molar-refractivity contribution in [3.63, 3.8) is 0 Å². The molecule has 0 aliphatic carbocycles. The van der Waals surface area contributed by atoms with Crippen LogP contribution in [0.5, 0.6) is 11.5 Å². The van der Waals surface area contributed by atoms with Crippen LogP contribution in [0.1, 0.15) is 18.4 Å². The maximum absolute atomic E-state index is 12.3. The van der Waals surface area contributed by atoms with E-state index in [9.17, 15) is 4.79 Å². The Hall–Kier alpha value is -1.95. The third-order valence-corrected chi connectivity index (χ3v) is 4.29. The number of likely N-dealkylation sites (N-methyl/N-ethyl adjacent to an activating group) is 1. The van der Waals surface area contributed by atoms with Crippen LogP contribution in [0.3, 0.4) is 0 Å². The van der Waals surface area contributed by atoms with Gasteiger partial charge in [0.1, 0.15) is 0 Å². The van der Waals surface area contributed by atoms with E-state index in [0.29, 0.717) is 12.6 Å². The van der Waals surface area contributed by atoms with E-state index < -0.39 is 0 Å². The summed E-state index contributed by atoms with van der Waals surface area (Å²) in [6.45, 7) is 2.39. The number of fused-ring (bicyclic) bond motifs is 1. The molecule has 2 aliphatic rings. The lowest BCUT2D eigenvalue weighted by molar-refractivity contribution is 0.140. The summed E-state index contributed by atoms with van der Waals surface area (Å²) in [5, 5.41) is 2.99. The highest BCUT2D eigenvalue weighted by Gasteiger charge is 2.24. The second-order valence-corrected chi connectivity index (χ2v) is 6.05. The van der Waals surface area contributed by atoms with E-state index in [-0.39, 0.29) is 12.8 Å². The van der Waals surface area contributed by atoms with Crippen LogP contribution in [-0.4, -0.2) is 55.9 Å². The predicted octanol–water partition coefficient (Wildman–Crippen LogP) is 1.65. The largest absolute Gasteiger partial charge is 0.454 e. The minimum atomic E-state index is 0.00390. The maximum Gasteiger partial charge on any atom is 0.317 e.